The maximum atomic E-state index is 12.9. The van der Waals surface area contributed by atoms with Gasteiger partial charge in [-0.3, -0.25) is 14.2 Å². The Bertz CT molecular complexity index is 1790. The molecule has 0 rings (SSSR count). The molecule has 2 atom stereocenters. The fraction of sp³-hybridized carbons (Fsp3) is 0.730. The number of unbranched alkanes of at least 4 members (excludes halogenated alkanes) is 31. The van der Waals surface area contributed by atoms with Crippen LogP contribution in [0.4, 0.5) is 0 Å². The predicted octanol–water partition coefficient (Wildman–Crippen LogP) is 21.9. The summed E-state index contributed by atoms with van der Waals surface area (Å²) in [6, 6.07) is 0. The van der Waals surface area contributed by atoms with Gasteiger partial charge in [-0.05, 0) is 96.3 Å². The van der Waals surface area contributed by atoms with Gasteiger partial charge in [-0.25, -0.2) is 0 Å². The van der Waals surface area contributed by atoms with Crippen LogP contribution in [-0.4, -0.2) is 70.0 Å². The molecular formula is C74H130NO8P. The lowest BCUT2D eigenvalue weighted by atomic mass is 10.0. The molecule has 0 aromatic carbocycles. The van der Waals surface area contributed by atoms with Crippen molar-refractivity contribution >= 4 is 19.8 Å². The zero-order chi connectivity index (χ0) is 61.2. The van der Waals surface area contributed by atoms with Gasteiger partial charge in [-0.2, -0.15) is 0 Å². The van der Waals surface area contributed by atoms with Crippen molar-refractivity contribution in [2.45, 2.75) is 302 Å². The summed E-state index contributed by atoms with van der Waals surface area (Å²) in [7, 11) is 1.17. The standard InChI is InChI=1S/C74H130NO8P/c1-6-8-10-12-14-16-18-20-22-24-26-28-30-32-34-36-37-39-41-43-45-47-49-51-53-55-57-59-61-63-65-67-74(77)83-72(71-82-84(78,79)81-69-68-75(3,4)5)70-80-73(76)66-64-62-60-58-56-54-52-50-48-46-44-42-40-38-35-33-31-29-27-25-23-21-19-17-15-13-11-9-7-2/h8-11,14-17,20-23,26-29,32,34,72H,6-7,12-13,18-19,24-25,30-31,33,35-71H2,1-5H3/b10-8-,11-9-,16-14-,17-15-,22-20-,23-21-,28-26-,29-27-,34-32-. The molecular weight excluding hydrogens is 1060 g/mol. The van der Waals surface area contributed by atoms with E-state index in [0.717, 1.165) is 96.3 Å². The summed E-state index contributed by atoms with van der Waals surface area (Å²) in [5.41, 5.74) is 0. The second-order valence-electron chi connectivity index (χ2n) is 24.1. The number of phosphoric acid groups is 1. The molecule has 0 aromatic rings. The zero-order valence-corrected chi connectivity index (χ0v) is 56.0. The second kappa shape index (κ2) is 64.2. The van der Waals surface area contributed by atoms with E-state index in [1.54, 1.807) is 0 Å². The number of carbonyl (C=O) groups is 2. The van der Waals surface area contributed by atoms with Crippen LogP contribution in [0.25, 0.3) is 0 Å². The van der Waals surface area contributed by atoms with Gasteiger partial charge in [0.1, 0.15) is 19.8 Å². The van der Waals surface area contributed by atoms with Crippen LogP contribution in [0, 0.1) is 0 Å². The van der Waals surface area contributed by atoms with Crippen molar-refractivity contribution in [3.63, 3.8) is 0 Å². The largest absolute Gasteiger partial charge is 0.756 e. The van der Waals surface area contributed by atoms with E-state index >= 15 is 0 Å². The van der Waals surface area contributed by atoms with Crippen molar-refractivity contribution in [3.8, 4) is 0 Å². The summed E-state index contributed by atoms with van der Waals surface area (Å²) >= 11 is 0. The molecule has 0 aliphatic heterocycles. The molecule has 0 aliphatic rings. The van der Waals surface area contributed by atoms with E-state index in [1.807, 2.05) is 21.1 Å². The maximum Gasteiger partial charge on any atom is 0.306 e. The lowest BCUT2D eigenvalue weighted by Gasteiger charge is -2.28. The summed E-state index contributed by atoms with van der Waals surface area (Å²) in [5, 5.41) is 0. The van der Waals surface area contributed by atoms with Crippen LogP contribution < -0.4 is 4.89 Å². The van der Waals surface area contributed by atoms with Crippen LogP contribution in [0.2, 0.25) is 0 Å². The summed E-state index contributed by atoms with van der Waals surface area (Å²) in [6.45, 7) is 4.04. The molecule has 484 valence electrons. The molecule has 84 heavy (non-hydrogen) atoms. The lowest BCUT2D eigenvalue weighted by molar-refractivity contribution is -0.870. The molecule has 0 spiro atoms. The number of rotatable bonds is 63. The van der Waals surface area contributed by atoms with Crippen molar-refractivity contribution < 1.29 is 42.1 Å². The molecule has 0 heterocycles. The highest BCUT2D eigenvalue weighted by atomic mass is 31.2. The maximum absolute atomic E-state index is 12.9. The van der Waals surface area contributed by atoms with E-state index in [4.69, 9.17) is 18.5 Å². The highest BCUT2D eigenvalue weighted by Crippen LogP contribution is 2.38. The topological polar surface area (TPSA) is 111 Å². The van der Waals surface area contributed by atoms with Crippen molar-refractivity contribution in [1.82, 2.24) is 0 Å². The minimum absolute atomic E-state index is 0.0335. The van der Waals surface area contributed by atoms with Gasteiger partial charge in [-0.1, -0.05) is 297 Å². The molecule has 9 nitrogen and oxygen atoms in total. The molecule has 0 aliphatic carbocycles. The predicted molar refractivity (Wildman–Crippen MR) is 360 cm³/mol. The fourth-order valence-electron chi connectivity index (χ4n) is 9.56. The van der Waals surface area contributed by atoms with Crippen LogP contribution in [-0.2, 0) is 32.7 Å². The van der Waals surface area contributed by atoms with Gasteiger partial charge in [0.15, 0.2) is 6.10 Å². The van der Waals surface area contributed by atoms with Crippen molar-refractivity contribution in [2.24, 2.45) is 0 Å². The molecule has 0 amide bonds. The number of carbonyl (C=O) groups excluding carboxylic acids is 2. The molecule has 0 saturated heterocycles. The number of nitrogens with zero attached hydrogens (tertiary/aromatic N) is 1. The van der Waals surface area contributed by atoms with Crippen molar-refractivity contribution in [3.05, 3.63) is 109 Å². The Morgan fingerprint density at radius 2 is 0.643 bits per heavy atom. The molecule has 10 heteroatoms. The highest BCUT2D eigenvalue weighted by molar-refractivity contribution is 7.45. The summed E-state index contributed by atoms with van der Waals surface area (Å²) in [6.07, 6.45) is 90.2. The molecule has 2 unspecified atom stereocenters. The number of quaternary nitrogens is 1. The Labute approximate surface area is 518 Å². The van der Waals surface area contributed by atoms with Crippen molar-refractivity contribution in [2.75, 3.05) is 47.5 Å². The Balaban J connectivity index is 4.05. The van der Waals surface area contributed by atoms with E-state index in [2.05, 4.69) is 123 Å². The van der Waals surface area contributed by atoms with E-state index in [-0.39, 0.29) is 32.0 Å². The van der Waals surface area contributed by atoms with Crippen LogP contribution in [0.15, 0.2) is 109 Å². The van der Waals surface area contributed by atoms with Crippen LogP contribution in [0.1, 0.15) is 296 Å². The quantitative estimate of drug-likeness (QED) is 0.0195. The normalized spacial score (nSPS) is 13.8. The zero-order valence-electron chi connectivity index (χ0n) is 55.1. The number of esters is 2. The first kappa shape index (κ1) is 80.7. The average molecular weight is 1190 g/mol. The number of likely N-dealkylation sites (N-methyl/N-ethyl adjacent to an activating group) is 1. The van der Waals surface area contributed by atoms with E-state index in [1.165, 1.54) is 167 Å². The SMILES string of the molecule is CC/C=C\C/C=C\C/C=C\C/C=C\C/C=C\CCCCCCCCCCCCCCCCCC(=O)OC(COC(=O)CCCCCCCCCCCCCCCCCC/C=C\C/C=C\C/C=C\C/C=C\CC)COP(=O)([O-])OCC[N+](C)(C)C. The van der Waals surface area contributed by atoms with Gasteiger partial charge >= 0.3 is 11.9 Å². The second-order valence-corrected chi connectivity index (χ2v) is 25.5. The molecule has 0 saturated carbocycles. The van der Waals surface area contributed by atoms with Gasteiger partial charge in [0.25, 0.3) is 7.82 Å². The Morgan fingerprint density at radius 1 is 0.369 bits per heavy atom. The Kier molecular flexibility index (Phi) is 61.6. The summed E-state index contributed by atoms with van der Waals surface area (Å²) in [4.78, 5) is 38.1. The van der Waals surface area contributed by atoms with Crippen molar-refractivity contribution in [1.29, 1.82) is 0 Å². The van der Waals surface area contributed by atoms with E-state index < -0.39 is 26.5 Å². The monoisotopic (exact) mass is 1190 g/mol. The van der Waals surface area contributed by atoms with Crippen LogP contribution in [0.5, 0.6) is 0 Å². The van der Waals surface area contributed by atoms with Gasteiger partial charge in [0, 0.05) is 12.8 Å². The summed E-state index contributed by atoms with van der Waals surface area (Å²) < 4.78 is 34.3. The minimum atomic E-state index is -4.65. The van der Waals surface area contributed by atoms with E-state index in [9.17, 15) is 19.0 Å². The van der Waals surface area contributed by atoms with E-state index in [0.29, 0.717) is 17.4 Å². The Morgan fingerprint density at radius 3 is 0.952 bits per heavy atom. The van der Waals surface area contributed by atoms with Crippen LogP contribution in [0.3, 0.4) is 0 Å². The molecule has 0 radical (unpaired) electrons. The molecule has 0 N–H and O–H groups in total. The number of ether oxygens (including phenoxy) is 2. The molecule has 0 bridgehead atoms. The van der Waals surface area contributed by atoms with Gasteiger partial charge in [-0.15, -0.1) is 0 Å². The summed E-state index contributed by atoms with van der Waals surface area (Å²) in [5.74, 6) is -0.827. The van der Waals surface area contributed by atoms with Crippen LogP contribution >= 0.6 is 7.82 Å². The Hall–Kier alpha value is -3.33. The number of hydrogen-bond donors (Lipinski definition) is 0. The minimum Gasteiger partial charge on any atom is -0.756 e. The first-order valence-corrected chi connectivity index (χ1v) is 36.1. The first-order valence-electron chi connectivity index (χ1n) is 34.6. The number of allylic oxidation sites excluding steroid dienone is 18. The number of phosphoric ester groups is 1. The van der Waals surface area contributed by atoms with Gasteiger partial charge in [0.2, 0.25) is 0 Å². The highest BCUT2D eigenvalue weighted by Gasteiger charge is 2.22. The molecule has 0 aromatic heterocycles. The fourth-order valence-corrected chi connectivity index (χ4v) is 10.3. The third-order valence-electron chi connectivity index (χ3n) is 14.8. The average Bonchev–Trinajstić information content (AvgIpc) is 3.61. The lowest BCUT2D eigenvalue weighted by Crippen LogP contribution is -2.37. The third-order valence-corrected chi connectivity index (χ3v) is 15.8. The third kappa shape index (κ3) is 67.8. The number of hydrogen-bond acceptors (Lipinski definition) is 8. The first-order chi connectivity index (χ1) is 41.0. The smallest absolute Gasteiger partial charge is 0.306 e. The molecule has 0 fully saturated rings. The van der Waals surface area contributed by atoms with Gasteiger partial charge < -0.3 is 27.9 Å². The van der Waals surface area contributed by atoms with Gasteiger partial charge in [0.05, 0.1) is 27.7 Å².